The zero-order valence-electron chi connectivity index (χ0n) is 14.8. The molecule has 0 fully saturated rings. The molecule has 0 aliphatic carbocycles. The third-order valence-electron chi connectivity index (χ3n) is 3.44. The molecule has 0 aliphatic heterocycles. The Hall–Kier alpha value is -2.54. The molecular weight excluding hydrogens is 457 g/mol. The first kappa shape index (κ1) is 21.8. The summed E-state index contributed by atoms with van der Waals surface area (Å²) in [5.74, 6) is 0.0828. The van der Waals surface area contributed by atoms with Gasteiger partial charge in [-0.2, -0.15) is 13.2 Å². The van der Waals surface area contributed by atoms with Gasteiger partial charge in [-0.1, -0.05) is 0 Å². The summed E-state index contributed by atoms with van der Waals surface area (Å²) < 4.78 is 41.9. The number of nitrogens with zero attached hydrogens (tertiary/aromatic N) is 2. The number of nitrogens with one attached hydrogen (secondary N) is 2. The van der Waals surface area contributed by atoms with E-state index in [0.29, 0.717) is 5.82 Å². The predicted octanol–water partition coefficient (Wildman–Crippen LogP) is 3.18. The molecule has 0 spiro atoms. The van der Waals surface area contributed by atoms with E-state index in [0.717, 1.165) is 15.8 Å². The second-order valence-corrected chi connectivity index (χ2v) is 6.73. The number of carbonyl (C=O) groups is 1. The topological polar surface area (TPSA) is 76.1 Å². The molecule has 0 bridgehead atoms. The Balaban J connectivity index is 1.99. The van der Waals surface area contributed by atoms with Crippen molar-refractivity contribution in [2.45, 2.75) is 19.1 Å². The number of aromatic nitrogens is 2. The molecule has 6 nitrogen and oxygen atoms in total. The van der Waals surface area contributed by atoms with E-state index in [1.54, 1.807) is 50.7 Å². The van der Waals surface area contributed by atoms with Crippen molar-refractivity contribution in [1.82, 2.24) is 15.3 Å². The van der Waals surface area contributed by atoms with E-state index in [1.165, 1.54) is 12.1 Å². The number of pyridine rings is 2. The molecule has 2 N–H and O–H groups in total. The van der Waals surface area contributed by atoms with Gasteiger partial charge in [-0.15, -0.1) is 0 Å². The summed E-state index contributed by atoms with van der Waals surface area (Å²) in [6, 6.07) is 5.78. The van der Waals surface area contributed by atoms with E-state index in [-0.39, 0.29) is 17.5 Å². The van der Waals surface area contributed by atoms with Gasteiger partial charge in [0.2, 0.25) is 0 Å². The van der Waals surface area contributed by atoms with Crippen LogP contribution >= 0.6 is 0 Å². The van der Waals surface area contributed by atoms with Crippen molar-refractivity contribution in [3.05, 3.63) is 60.6 Å². The van der Waals surface area contributed by atoms with E-state index >= 15 is 0 Å². The normalized spacial score (nSPS) is 12.0. The molecular formula is C18H17F3MoN4O2. The molecule has 0 saturated carbocycles. The minimum atomic E-state index is -4.44. The number of rotatable bonds is 8. The van der Waals surface area contributed by atoms with Crippen LogP contribution in [-0.2, 0) is 19.4 Å². The first-order valence-corrected chi connectivity index (χ1v) is 9.04. The Kier molecular flexibility index (Phi) is 7.45. The maximum absolute atomic E-state index is 12.3. The summed E-state index contributed by atoms with van der Waals surface area (Å²) in [6.07, 6.45) is -0.0829. The van der Waals surface area contributed by atoms with Crippen LogP contribution in [0, 0.1) is 0 Å². The van der Waals surface area contributed by atoms with Crippen molar-refractivity contribution in [3.8, 4) is 5.75 Å². The number of anilines is 1. The molecule has 10 heteroatoms. The first-order valence-electron chi connectivity index (χ1n) is 8.04. The van der Waals surface area contributed by atoms with Crippen LogP contribution in [0.2, 0.25) is 0 Å². The Morgan fingerprint density at radius 2 is 2.11 bits per heavy atom. The van der Waals surface area contributed by atoms with Gasteiger partial charge in [-0.25, -0.2) is 0 Å². The van der Waals surface area contributed by atoms with Crippen LogP contribution < -0.4 is 15.4 Å². The summed E-state index contributed by atoms with van der Waals surface area (Å²) in [7, 11) is 0. The molecule has 1 atom stereocenters. The van der Waals surface area contributed by atoms with Crippen molar-refractivity contribution in [1.29, 1.82) is 0 Å². The van der Waals surface area contributed by atoms with Crippen LogP contribution in [0.15, 0.2) is 49.3 Å². The van der Waals surface area contributed by atoms with Gasteiger partial charge in [-0.3, -0.25) is 0 Å². The molecule has 0 aromatic carbocycles. The molecule has 2 aromatic heterocycles. The number of carbonyl (C=O) groups excluding carboxylic acids is 1. The molecule has 2 aromatic rings. The standard InChI is InChI=1S/C18H17F3N4O2.Mo/c1-3-7-22-16-9-13(6-8-23-16)12(2)25-17(26)15-5-4-14(10-24-15)27-11-18(19,20)21;/h3-6,8-10,12H,1,11H2,2H3,(H,22,23)(H,25,26);. The van der Waals surface area contributed by atoms with Crippen LogP contribution in [0.5, 0.6) is 5.75 Å². The van der Waals surface area contributed by atoms with Crippen molar-refractivity contribution >= 4 is 15.7 Å². The zero-order chi connectivity index (χ0) is 20.7. The molecule has 148 valence electrons. The van der Waals surface area contributed by atoms with Gasteiger partial charge >= 0.3 is 146 Å². The van der Waals surface area contributed by atoms with Crippen LogP contribution in [0.1, 0.15) is 29.0 Å². The monoisotopic (exact) mass is 476 g/mol. The Bertz CT molecular complexity index is 857. The summed E-state index contributed by atoms with van der Waals surface area (Å²) in [5, 5.41) is 5.85. The second kappa shape index (κ2) is 9.59. The van der Waals surface area contributed by atoms with Crippen LogP contribution in [-0.4, -0.2) is 32.7 Å². The summed E-state index contributed by atoms with van der Waals surface area (Å²) in [5.41, 5.74) is 0.879. The fourth-order valence-corrected chi connectivity index (χ4v) is 2.34. The zero-order valence-corrected chi connectivity index (χ0v) is 16.8. The van der Waals surface area contributed by atoms with Gasteiger partial charge in [0.15, 0.2) is 6.61 Å². The quantitative estimate of drug-likeness (QED) is 0.575. The van der Waals surface area contributed by atoms with Crippen molar-refractivity contribution < 1.29 is 42.1 Å². The molecule has 1 unspecified atom stereocenters. The van der Waals surface area contributed by atoms with Crippen LogP contribution in [0.3, 0.4) is 0 Å². The number of ether oxygens (including phenoxy) is 1. The summed E-state index contributed by atoms with van der Waals surface area (Å²) in [4.78, 5) is 20.4. The van der Waals surface area contributed by atoms with Crippen molar-refractivity contribution in [3.63, 3.8) is 0 Å². The first-order chi connectivity index (χ1) is 13.2. The molecule has 2 heterocycles. The summed E-state index contributed by atoms with van der Waals surface area (Å²) in [6.45, 7) is 4.04. The van der Waals surface area contributed by atoms with E-state index in [2.05, 4.69) is 31.9 Å². The number of alkyl halides is 3. The van der Waals surface area contributed by atoms with Gasteiger partial charge in [-0.05, 0) is 0 Å². The minimum absolute atomic E-state index is 0.0647. The molecule has 1 amide bonds. The van der Waals surface area contributed by atoms with E-state index in [1.807, 2.05) is 0 Å². The van der Waals surface area contributed by atoms with E-state index < -0.39 is 18.7 Å². The Morgan fingerprint density at radius 3 is 2.71 bits per heavy atom. The van der Waals surface area contributed by atoms with Crippen LogP contribution in [0.25, 0.3) is 0 Å². The Labute approximate surface area is 170 Å². The fourth-order valence-electron chi connectivity index (χ4n) is 2.08. The SMILES string of the molecule is C=C[C](=[Mo])Nc1cc(C(C)NC(=O)c2ccc(OCC(F)(F)F)cn2)ccn1. The molecule has 2 rings (SSSR count). The average Bonchev–Trinajstić information content (AvgIpc) is 2.66. The van der Waals surface area contributed by atoms with Gasteiger partial charge in [0.25, 0.3) is 0 Å². The van der Waals surface area contributed by atoms with E-state index in [9.17, 15) is 18.0 Å². The number of amides is 1. The predicted molar refractivity (Wildman–Crippen MR) is 94.7 cm³/mol. The Morgan fingerprint density at radius 1 is 1.36 bits per heavy atom. The second-order valence-electron chi connectivity index (χ2n) is 5.65. The van der Waals surface area contributed by atoms with Gasteiger partial charge < -0.3 is 4.74 Å². The van der Waals surface area contributed by atoms with E-state index in [4.69, 9.17) is 0 Å². The molecule has 0 saturated heterocycles. The fraction of sp³-hybridized carbons (Fsp3) is 0.222. The number of halogens is 3. The maximum atomic E-state index is 12.3. The number of hydrogen-bond donors (Lipinski definition) is 2. The van der Waals surface area contributed by atoms with Crippen molar-refractivity contribution in [2.75, 3.05) is 11.9 Å². The third kappa shape index (κ3) is 6.88. The third-order valence-corrected chi connectivity index (χ3v) is 4.10. The van der Waals surface area contributed by atoms with Gasteiger partial charge in [0, 0.05) is 0 Å². The molecule has 28 heavy (non-hydrogen) atoms. The average molecular weight is 474 g/mol. The molecule has 0 aliphatic rings. The summed E-state index contributed by atoms with van der Waals surface area (Å²) >= 11 is 1.77. The molecule has 0 radical (unpaired) electrons. The van der Waals surface area contributed by atoms with Gasteiger partial charge in [0.05, 0.1) is 0 Å². The van der Waals surface area contributed by atoms with Gasteiger partial charge in [0.1, 0.15) is 0 Å². The van der Waals surface area contributed by atoms with Crippen molar-refractivity contribution in [2.24, 2.45) is 0 Å². The van der Waals surface area contributed by atoms with Crippen LogP contribution in [0.4, 0.5) is 19.0 Å². The number of hydrogen-bond acceptors (Lipinski definition) is 5.